The van der Waals surface area contributed by atoms with Crippen LogP contribution in [-0.4, -0.2) is 32.9 Å². The molecule has 0 aliphatic carbocycles. The van der Waals surface area contributed by atoms with Crippen LogP contribution in [0.1, 0.15) is 18.9 Å². The van der Waals surface area contributed by atoms with E-state index < -0.39 is 0 Å². The van der Waals surface area contributed by atoms with E-state index in [9.17, 15) is 0 Å². The lowest BCUT2D eigenvalue weighted by atomic mass is 10.2. The van der Waals surface area contributed by atoms with Gasteiger partial charge in [-0.2, -0.15) is 0 Å². The van der Waals surface area contributed by atoms with E-state index in [-0.39, 0.29) is 0 Å². The Kier molecular flexibility index (Phi) is 7.63. The molecule has 0 radical (unpaired) electrons. The van der Waals surface area contributed by atoms with Crippen molar-refractivity contribution < 1.29 is 9.47 Å². The maximum absolute atomic E-state index is 5.64. The average Bonchev–Trinajstić information content (AvgIpc) is 2.36. The zero-order valence-corrected chi connectivity index (χ0v) is 10.8. The highest BCUT2D eigenvalue weighted by atomic mass is 16.5. The Morgan fingerprint density at radius 1 is 1.24 bits per heavy atom. The first-order valence-corrected chi connectivity index (χ1v) is 6.17. The van der Waals surface area contributed by atoms with E-state index in [1.54, 1.807) is 7.11 Å². The lowest BCUT2D eigenvalue weighted by Crippen LogP contribution is -2.31. The molecule has 1 aromatic rings. The number of hydrogen-bond donors (Lipinski definition) is 1. The molecule has 1 unspecified atom stereocenters. The molecule has 17 heavy (non-hydrogen) atoms. The number of hydrogen-bond acceptors (Lipinski definition) is 3. The molecule has 0 aliphatic heterocycles. The summed E-state index contributed by atoms with van der Waals surface area (Å²) >= 11 is 0. The SMILES string of the molecule is COCCCNC(C)COCc1ccccc1. The van der Waals surface area contributed by atoms with Crippen LogP contribution in [0.3, 0.4) is 0 Å². The van der Waals surface area contributed by atoms with E-state index in [0.717, 1.165) is 26.2 Å². The molecule has 0 bridgehead atoms. The van der Waals surface area contributed by atoms with Crippen LogP contribution in [0.25, 0.3) is 0 Å². The smallest absolute Gasteiger partial charge is 0.0717 e. The molecule has 1 atom stereocenters. The normalized spacial score (nSPS) is 12.6. The van der Waals surface area contributed by atoms with Crippen LogP contribution in [0, 0.1) is 0 Å². The quantitative estimate of drug-likeness (QED) is 0.668. The molecule has 1 rings (SSSR count). The molecule has 0 aromatic heterocycles. The average molecular weight is 237 g/mol. The van der Waals surface area contributed by atoms with Gasteiger partial charge < -0.3 is 14.8 Å². The van der Waals surface area contributed by atoms with E-state index in [4.69, 9.17) is 9.47 Å². The highest BCUT2D eigenvalue weighted by Gasteiger charge is 2.00. The predicted molar refractivity (Wildman–Crippen MR) is 70.1 cm³/mol. The van der Waals surface area contributed by atoms with Crippen molar-refractivity contribution in [2.75, 3.05) is 26.9 Å². The van der Waals surface area contributed by atoms with Gasteiger partial charge in [0.05, 0.1) is 13.2 Å². The Balaban J connectivity index is 2.02. The van der Waals surface area contributed by atoms with E-state index in [1.165, 1.54) is 5.56 Å². The number of methoxy groups -OCH3 is 1. The highest BCUT2D eigenvalue weighted by Crippen LogP contribution is 2.00. The summed E-state index contributed by atoms with van der Waals surface area (Å²) in [4.78, 5) is 0. The lowest BCUT2D eigenvalue weighted by Gasteiger charge is -2.14. The summed E-state index contributed by atoms with van der Waals surface area (Å²) in [6.07, 6.45) is 1.04. The maximum atomic E-state index is 5.64. The van der Waals surface area contributed by atoms with Gasteiger partial charge in [0.25, 0.3) is 0 Å². The van der Waals surface area contributed by atoms with Gasteiger partial charge in [-0.25, -0.2) is 0 Å². The first kappa shape index (κ1) is 14.2. The number of nitrogens with one attached hydrogen (secondary N) is 1. The summed E-state index contributed by atoms with van der Waals surface area (Å²) in [5, 5.41) is 3.40. The molecule has 0 fully saturated rings. The Hall–Kier alpha value is -0.900. The van der Waals surface area contributed by atoms with Crippen molar-refractivity contribution in [2.45, 2.75) is 26.0 Å². The molecule has 0 saturated heterocycles. The second-order valence-corrected chi connectivity index (χ2v) is 4.20. The van der Waals surface area contributed by atoms with Gasteiger partial charge in [0.15, 0.2) is 0 Å². The summed E-state index contributed by atoms with van der Waals surface area (Å²) in [6, 6.07) is 10.6. The van der Waals surface area contributed by atoms with Crippen LogP contribution in [0.4, 0.5) is 0 Å². The molecule has 1 N–H and O–H groups in total. The number of rotatable bonds is 9. The van der Waals surface area contributed by atoms with Crippen LogP contribution in [-0.2, 0) is 16.1 Å². The summed E-state index contributed by atoms with van der Waals surface area (Å²) in [5.74, 6) is 0. The van der Waals surface area contributed by atoms with Crippen LogP contribution >= 0.6 is 0 Å². The molecule has 0 spiro atoms. The first-order valence-electron chi connectivity index (χ1n) is 6.17. The van der Waals surface area contributed by atoms with Crippen molar-refractivity contribution >= 4 is 0 Å². The lowest BCUT2D eigenvalue weighted by molar-refractivity contribution is 0.102. The highest BCUT2D eigenvalue weighted by molar-refractivity contribution is 5.13. The molecule has 3 nitrogen and oxygen atoms in total. The first-order chi connectivity index (χ1) is 8.33. The van der Waals surface area contributed by atoms with E-state index >= 15 is 0 Å². The Labute approximate surface area is 104 Å². The van der Waals surface area contributed by atoms with Crippen LogP contribution < -0.4 is 5.32 Å². The monoisotopic (exact) mass is 237 g/mol. The zero-order chi connectivity index (χ0) is 12.3. The van der Waals surface area contributed by atoms with Crippen LogP contribution in [0.15, 0.2) is 30.3 Å². The van der Waals surface area contributed by atoms with Gasteiger partial charge in [0.1, 0.15) is 0 Å². The van der Waals surface area contributed by atoms with Crippen LogP contribution in [0.2, 0.25) is 0 Å². The van der Waals surface area contributed by atoms with E-state index in [0.29, 0.717) is 12.6 Å². The number of benzene rings is 1. The minimum atomic E-state index is 0.385. The van der Waals surface area contributed by atoms with Gasteiger partial charge in [0, 0.05) is 19.8 Å². The minimum Gasteiger partial charge on any atom is -0.385 e. The summed E-state index contributed by atoms with van der Waals surface area (Å²) in [6.45, 7) is 5.35. The third-order valence-corrected chi connectivity index (χ3v) is 2.50. The van der Waals surface area contributed by atoms with Gasteiger partial charge in [0.2, 0.25) is 0 Å². The van der Waals surface area contributed by atoms with Crippen molar-refractivity contribution in [1.82, 2.24) is 5.32 Å². The fourth-order valence-electron chi connectivity index (χ4n) is 1.55. The van der Waals surface area contributed by atoms with E-state index in [1.807, 2.05) is 18.2 Å². The largest absolute Gasteiger partial charge is 0.385 e. The van der Waals surface area contributed by atoms with Gasteiger partial charge in [-0.3, -0.25) is 0 Å². The molecule has 3 heteroatoms. The minimum absolute atomic E-state index is 0.385. The Bertz CT molecular complexity index is 277. The summed E-state index contributed by atoms with van der Waals surface area (Å²) in [5.41, 5.74) is 1.22. The molecular weight excluding hydrogens is 214 g/mol. The standard InChI is InChI=1S/C14H23NO2/c1-13(15-9-6-10-16-2)11-17-12-14-7-4-3-5-8-14/h3-5,7-8,13,15H,6,9-12H2,1-2H3. The number of ether oxygens (including phenoxy) is 2. The van der Waals surface area contributed by atoms with Gasteiger partial charge >= 0.3 is 0 Å². The van der Waals surface area contributed by atoms with Crippen molar-refractivity contribution in [3.63, 3.8) is 0 Å². The van der Waals surface area contributed by atoms with Crippen LogP contribution in [0.5, 0.6) is 0 Å². The predicted octanol–water partition coefficient (Wildman–Crippen LogP) is 2.22. The Morgan fingerprint density at radius 3 is 2.71 bits per heavy atom. The molecule has 0 amide bonds. The zero-order valence-electron chi connectivity index (χ0n) is 10.8. The maximum Gasteiger partial charge on any atom is 0.0717 e. The van der Waals surface area contributed by atoms with Crippen molar-refractivity contribution in [3.8, 4) is 0 Å². The van der Waals surface area contributed by atoms with Crippen molar-refractivity contribution in [1.29, 1.82) is 0 Å². The summed E-state index contributed by atoms with van der Waals surface area (Å²) < 4.78 is 10.6. The molecule has 0 saturated carbocycles. The Morgan fingerprint density at radius 2 is 2.00 bits per heavy atom. The molecule has 0 heterocycles. The van der Waals surface area contributed by atoms with Crippen molar-refractivity contribution in [3.05, 3.63) is 35.9 Å². The fraction of sp³-hybridized carbons (Fsp3) is 0.571. The fourth-order valence-corrected chi connectivity index (χ4v) is 1.55. The van der Waals surface area contributed by atoms with E-state index in [2.05, 4.69) is 24.4 Å². The summed E-state index contributed by atoms with van der Waals surface area (Å²) in [7, 11) is 1.73. The third-order valence-electron chi connectivity index (χ3n) is 2.50. The topological polar surface area (TPSA) is 30.5 Å². The van der Waals surface area contributed by atoms with Gasteiger partial charge in [-0.15, -0.1) is 0 Å². The third kappa shape index (κ3) is 7.10. The molecule has 96 valence electrons. The second-order valence-electron chi connectivity index (χ2n) is 4.20. The van der Waals surface area contributed by atoms with Gasteiger partial charge in [-0.1, -0.05) is 30.3 Å². The second kappa shape index (κ2) is 9.16. The van der Waals surface area contributed by atoms with Crippen molar-refractivity contribution in [2.24, 2.45) is 0 Å². The molecule has 1 aromatic carbocycles. The van der Waals surface area contributed by atoms with Gasteiger partial charge in [-0.05, 0) is 25.5 Å². The molecular formula is C14H23NO2. The molecule has 0 aliphatic rings.